The summed E-state index contributed by atoms with van der Waals surface area (Å²) in [4.78, 5) is 14.7. The molecule has 24 heavy (non-hydrogen) atoms. The summed E-state index contributed by atoms with van der Waals surface area (Å²) in [5, 5.41) is 10.3. The average Bonchev–Trinajstić information content (AvgIpc) is 3.01. The van der Waals surface area contributed by atoms with Gasteiger partial charge in [-0.15, -0.1) is 0 Å². The molecule has 2 N–H and O–H groups in total. The van der Waals surface area contributed by atoms with Gasteiger partial charge in [0.15, 0.2) is 0 Å². The molecule has 7 nitrogen and oxygen atoms in total. The zero-order valence-corrected chi connectivity index (χ0v) is 14.6. The van der Waals surface area contributed by atoms with E-state index in [1.165, 1.54) is 32.4 Å². The first-order valence-corrected chi connectivity index (χ1v) is 9.05. The molecular formula is C17H29N5O2. The number of ether oxygens (including phenoxy) is 1. The van der Waals surface area contributed by atoms with Crippen LogP contribution in [0, 0.1) is 0 Å². The minimum Gasteiger partial charge on any atom is -0.381 e. The molecule has 7 heteroatoms. The van der Waals surface area contributed by atoms with Gasteiger partial charge in [-0.1, -0.05) is 6.42 Å². The molecule has 2 amide bonds. The van der Waals surface area contributed by atoms with Gasteiger partial charge >= 0.3 is 6.03 Å². The van der Waals surface area contributed by atoms with Crippen LogP contribution in [0.3, 0.4) is 0 Å². The van der Waals surface area contributed by atoms with Crippen molar-refractivity contribution in [1.29, 1.82) is 0 Å². The highest BCUT2D eigenvalue weighted by atomic mass is 16.5. The Kier molecular flexibility index (Phi) is 5.73. The number of anilines is 1. The van der Waals surface area contributed by atoms with E-state index in [9.17, 15) is 4.79 Å². The Bertz CT molecular complexity index is 533. The highest BCUT2D eigenvalue weighted by molar-refractivity contribution is 5.89. The molecule has 2 aliphatic heterocycles. The Morgan fingerprint density at radius 2 is 2.00 bits per heavy atom. The zero-order valence-electron chi connectivity index (χ0n) is 14.6. The predicted molar refractivity (Wildman–Crippen MR) is 93.1 cm³/mol. The summed E-state index contributed by atoms with van der Waals surface area (Å²) in [6.45, 7) is 7.73. The maximum Gasteiger partial charge on any atom is 0.319 e. The molecule has 2 fully saturated rings. The van der Waals surface area contributed by atoms with Gasteiger partial charge in [-0.05, 0) is 45.7 Å². The van der Waals surface area contributed by atoms with E-state index in [1.807, 2.05) is 10.9 Å². The minimum atomic E-state index is -0.188. The number of rotatable bonds is 5. The first kappa shape index (κ1) is 17.2. The van der Waals surface area contributed by atoms with Gasteiger partial charge in [-0.25, -0.2) is 4.79 Å². The number of urea groups is 1. The first-order valence-electron chi connectivity index (χ1n) is 9.05. The molecule has 1 aromatic heterocycles. The lowest BCUT2D eigenvalue weighted by atomic mass is 9.93. The Labute approximate surface area is 143 Å². The van der Waals surface area contributed by atoms with E-state index in [2.05, 4.69) is 27.6 Å². The Morgan fingerprint density at radius 1 is 1.25 bits per heavy atom. The van der Waals surface area contributed by atoms with Gasteiger partial charge in [0.05, 0.1) is 18.4 Å². The fourth-order valence-corrected chi connectivity index (χ4v) is 3.36. The molecule has 134 valence electrons. The SMILES string of the molecule is CC1(NC(=O)Nc2cnn(CCN3CCCCC3)c2)CCOCC1. The number of carbonyl (C=O) groups is 1. The summed E-state index contributed by atoms with van der Waals surface area (Å²) in [6.07, 6.45) is 9.25. The fourth-order valence-electron chi connectivity index (χ4n) is 3.36. The fraction of sp³-hybridized carbons (Fsp3) is 0.765. The summed E-state index contributed by atoms with van der Waals surface area (Å²) < 4.78 is 7.26. The molecule has 0 unspecified atom stereocenters. The van der Waals surface area contributed by atoms with E-state index < -0.39 is 0 Å². The van der Waals surface area contributed by atoms with E-state index in [-0.39, 0.29) is 11.6 Å². The second-order valence-corrected chi connectivity index (χ2v) is 7.15. The van der Waals surface area contributed by atoms with E-state index in [1.54, 1.807) is 6.20 Å². The maximum atomic E-state index is 12.2. The molecule has 2 saturated heterocycles. The van der Waals surface area contributed by atoms with Gasteiger partial charge in [-0.2, -0.15) is 5.10 Å². The number of carbonyl (C=O) groups excluding carboxylic acids is 1. The maximum absolute atomic E-state index is 12.2. The van der Waals surface area contributed by atoms with Crippen molar-refractivity contribution < 1.29 is 9.53 Å². The van der Waals surface area contributed by atoms with E-state index >= 15 is 0 Å². The largest absolute Gasteiger partial charge is 0.381 e. The summed E-state index contributed by atoms with van der Waals surface area (Å²) in [6, 6.07) is -0.171. The first-order chi connectivity index (χ1) is 11.6. The molecule has 0 spiro atoms. The van der Waals surface area contributed by atoms with Crippen LogP contribution >= 0.6 is 0 Å². The lowest BCUT2D eigenvalue weighted by molar-refractivity contribution is 0.0500. The molecule has 3 rings (SSSR count). The van der Waals surface area contributed by atoms with Crippen molar-refractivity contribution in [2.75, 3.05) is 38.2 Å². The van der Waals surface area contributed by atoms with Crippen molar-refractivity contribution in [3.8, 4) is 0 Å². The van der Waals surface area contributed by atoms with Crippen molar-refractivity contribution in [2.45, 2.75) is 51.1 Å². The summed E-state index contributed by atoms with van der Waals surface area (Å²) in [5.74, 6) is 0. The molecular weight excluding hydrogens is 306 g/mol. The van der Waals surface area contributed by atoms with Crippen LogP contribution in [0.5, 0.6) is 0 Å². The van der Waals surface area contributed by atoms with Crippen molar-refractivity contribution in [2.24, 2.45) is 0 Å². The molecule has 2 aliphatic rings. The Balaban J connectivity index is 1.43. The number of aromatic nitrogens is 2. The topological polar surface area (TPSA) is 71.4 Å². The van der Waals surface area contributed by atoms with Crippen LogP contribution < -0.4 is 10.6 Å². The van der Waals surface area contributed by atoms with Crippen LogP contribution in [0.2, 0.25) is 0 Å². The summed E-state index contributed by atoms with van der Waals surface area (Å²) in [7, 11) is 0. The Hall–Kier alpha value is -1.60. The summed E-state index contributed by atoms with van der Waals surface area (Å²) >= 11 is 0. The van der Waals surface area contributed by atoms with Crippen LogP contribution in [0.4, 0.5) is 10.5 Å². The minimum absolute atomic E-state index is 0.171. The molecule has 0 radical (unpaired) electrons. The zero-order chi connectivity index (χ0) is 16.8. The molecule has 0 aromatic carbocycles. The number of hydrogen-bond donors (Lipinski definition) is 2. The molecule has 1 aromatic rings. The van der Waals surface area contributed by atoms with Crippen molar-refractivity contribution in [3.05, 3.63) is 12.4 Å². The van der Waals surface area contributed by atoms with Crippen LogP contribution in [0.15, 0.2) is 12.4 Å². The van der Waals surface area contributed by atoms with E-state index in [0.717, 1.165) is 31.6 Å². The third-order valence-corrected chi connectivity index (χ3v) is 5.00. The van der Waals surface area contributed by atoms with E-state index in [4.69, 9.17) is 4.74 Å². The Morgan fingerprint density at radius 3 is 2.75 bits per heavy atom. The smallest absolute Gasteiger partial charge is 0.319 e. The quantitative estimate of drug-likeness (QED) is 0.864. The highest BCUT2D eigenvalue weighted by Gasteiger charge is 2.29. The number of hydrogen-bond acceptors (Lipinski definition) is 4. The van der Waals surface area contributed by atoms with Crippen LogP contribution in [0.25, 0.3) is 0 Å². The third kappa shape index (κ3) is 4.95. The van der Waals surface area contributed by atoms with Gasteiger partial charge in [0.1, 0.15) is 0 Å². The second-order valence-electron chi connectivity index (χ2n) is 7.15. The molecule has 0 atom stereocenters. The van der Waals surface area contributed by atoms with E-state index in [0.29, 0.717) is 13.2 Å². The number of piperidine rings is 1. The second kappa shape index (κ2) is 7.98. The monoisotopic (exact) mass is 335 g/mol. The summed E-state index contributed by atoms with van der Waals surface area (Å²) in [5.41, 5.74) is 0.550. The van der Waals surface area contributed by atoms with Gasteiger partial charge in [0.2, 0.25) is 0 Å². The predicted octanol–water partition coefficient (Wildman–Crippen LogP) is 2.06. The number of likely N-dealkylation sites (tertiary alicyclic amines) is 1. The van der Waals surface area contributed by atoms with Gasteiger partial charge in [0, 0.05) is 31.5 Å². The van der Waals surface area contributed by atoms with Gasteiger partial charge in [0.25, 0.3) is 0 Å². The molecule has 0 aliphatic carbocycles. The molecule has 0 bridgehead atoms. The lowest BCUT2D eigenvalue weighted by Gasteiger charge is -2.34. The van der Waals surface area contributed by atoms with Crippen LogP contribution in [-0.4, -0.2) is 59.1 Å². The lowest BCUT2D eigenvalue weighted by Crippen LogP contribution is -2.51. The van der Waals surface area contributed by atoms with Crippen molar-refractivity contribution in [3.63, 3.8) is 0 Å². The molecule has 3 heterocycles. The standard InChI is InChI=1S/C17H29N5O2/c1-17(5-11-24-12-6-17)20-16(23)19-15-13-18-22(14-15)10-9-21-7-3-2-4-8-21/h13-14H,2-12H2,1H3,(H2,19,20,23). The van der Waals surface area contributed by atoms with Crippen LogP contribution in [-0.2, 0) is 11.3 Å². The number of amides is 2. The average molecular weight is 335 g/mol. The normalized spacial score (nSPS) is 21.4. The highest BCUT2D eigenvalue weighted by Crippen LogP contribution is 2.19. The number of nitrogens with one attached hydrogen (secondary N) is 2. The third-order valence-electron chi connectivity index (χ3n) is 5.00. The van der Waals surface area contributed by atoms with Gasteiger partial charge < -0.3 is 20.3 Å². The van der Waals surface area contributed by atoms with Crippen LogP contribution in [0.1, 0.15) is 39.0 Å². The van der Waals surface area contributed by atoms with Crippen molar-refractivity contribution in [1.82, 2.24) is 20.0 Å². The number of nitrogens with zero attached hydrogens (tertiary/aromatic N) is 3. The van der Waals surface area contributed by atoms with Crippen molar-refractivity contribution >= 4 is 11.7 Å². The molecule has 0 saturated carbocycles. The van der Waals surface area contributed by atoms with Gasteiger partial charge in [-0.3, -0.25) is 4.68 Å².